The van der Waals surface area contributed by atoms with Crippen LogP contribution in [0.25, 0.3) is 0 Å². The highest BCUT2D eigenvalue weighted by atomic mass is 32.2. The summed E-state index contributed by atoms with van der Waals surface area (Å²) in [4.78, 5) is 11.8. The summed E-state index contributed by atoms with van der Waals surface area (Å²) < 4.78 is 5.17. The number of nitrogens with two attached hydrogens (primary N) is 1. The van der Waals surface area contributed by atoms with Gasteiger partial charge in [0.15, 0.2) is 0 Å². The predicted molar refractivity (Wildman–Crippen MR) is 84.2 cm³/mol. The lowest BCUT2D eigenvalue weighted by Crippen LogP contribution is -2.14. The minimum absolute atomic E-state index is 0.0712. The third-order valence-corrected chi connectivity index (χ3v) is 3.98. The Labute approximate surface area is 123 Å². The lowest BCUT2D eigenvalue weighted by Gasteiger charge is -2.11. The molecule has 4 N–H and O–H groups in total. The molecule has 1 aromatic carbocycles. The van der Waals surface area contributed by atoms with Gasteiger partial charge in [0.2, 0.25) is 5.91 Å². The Morgan fingerprint density at radius 3 is 2.95 bits per heavy atom. The molecule has 0 bridgehead atoms. The van der Waals surface area contributed by atoms with Crippen LogP contribution in [0.4, 0.5) is 11.4 Å². The van der Waals surface area contributed by atoms with Crippen LogP contribution in [0.15, 0.2) is 18.2 Å². The summed E-state index contributed by atoms with van der Waals surface area (Å²) in [5, 5.41) is 11.7. The Hall–Kier alpha value is -1.40. The van der Waals surface area contributed by atoms with Crippen LogP contribution in [-0.4, -0.2) is 36.2 Å². The van der Waals surface area contributed by atoms with E-state index >= 15 is 0 Å². The maximum Gasteiger partial charge on any atom is 0.225 e. The Kier molecular flexibility index (Phi) is 7.25. The molecule has 0 aliphatic rings. The molecule has 1 atom stereocenters. The molecule has 1 unspecified atom stereocenters. The maximum absolute atomic E-state index is 11.8. The largest absolute Gasteiger partial charge is 0.495 e. The first-order valence-corrected chi connectivity index (χ1v) is 7.64. The molecule has 0 radical (unpaired) electrons. The predicted octanol–water partition coefficient (Wildman–Crippen LogP) is 1.97. The van der Waals surface area contributed by atoms with E-state index in [1.165, 1.54) is 0 Å². The van der Waals surface area contributed by atoms with Gasteiger partial charge >= 0.3 is 0 Å². The number of benzene rings is 1. The fourth-order valence-electron chi connectivity index (χ4n) is 1.54. The molecule has 0 heterocycles. The first kappa shape index (κ1) is 16.7. The maximum atomic E-state index is 11.8. The van der Waals surface area contributed by atoms with Gasteiger partial charge < -0.3 is 20.9 Å². The van der Waals surface area contributed by atoms with Crippen molar-refractivity contribution in [3.63, 3.8) is 0 Å². The molecule has 0 saturated heterocycles. The molecular weight excluding hydrogens is 276 g/mol. The summed E-state index contributed by atoms with van der Waals surface area (Å²) in [5.41, 5.74) is 6.86. The molecule has 6 heteroatoms. The van der Waals surface area contributed by atoms with Gasteiger partial charge in [0.1, 0.15) is 5.75 Å². The summed E-state index contributed by atoms with van der Waals surface area (Å²) in [6, 6.07) is 5.13. The Morgan fingerprint density at radius 2 is 2.30 bits per heavy atom. The second-order valence-electron chi connectivity index (χ2n) is 4.62. The molecule has 20 heavy (non-hydrogen) atoms. The highest BCUT2D eigenvalue weighted by Crippen LogP contribution is 2.26. The fourth-order valence-corrected chi connectivity index (χ4v) is 2.54. The van der Waals surface area contributed by atoms with E-state index in [1.54, 1.807) is 37.1 Å². The summed E-state index contributed by atoms with van der Waals surface area (Å²) in [7, 11) is 1.55. The summed E-state index contributed by atoms with van der Waals surface area (Å²) in [6.45, 7) is 2.16. The molecule has 0 saturated carbocycles. The molecule has 0 aliphatic carbocycles. The van der Waals surface area contributed by atoms with E-state index < -0.39 is 0 Å². The smallest absolute Gasteiger partial charge is 0.225 e. The van der Waals surface area contributed by atoms with E-state index in [4.69, 9.17) is 15.6 Å². The van der Waals surface area contributed by atoms with Crippen molar-refractivity contribution < 1.29 is 14.6 Å². The molecule has 1 aromatic rings. The summed E-state index contributed by atoms with van der Waals surface area (Å²) in [6.07, 6.45) is 0.417. The van der Waals surface area contributed by atoms with Gasteiger partial charge in [0.25, 0.3) is 0 Å². The third kappa shape index (κ3) is 5.71. The number of thioether (sulfide) groups is 1. The Morgan fingerprint density at radius 1 is 1.55 bits per heavy atom. The number of rotatable bonds is 8. The first-order valence-electron chi connectivity index (χ1n) is 6.48. The zero-order chi connectivity index (χ0) is 15.0. The molecule has 1 amide bonds. The molecule has 0 spiro atoms. The van der Waals surface area contributed by atoms with Crippen LogP contribution in [0.3, 0.4) is 0 Å². The van der Waals surface area contributed by atoms with Crippen LogP contribution in [0, 0.1) is 5.92 Å². The van der Waals surface area contributed by atoms with Crippen LogP contribution < -0.4 is 15.8 Å². The van der Waals surface area contributed by atoms with Crippen LogP contribution in [0.1, 0.15) is 13.3 Å². The number of hydrogen-bond donors (Lipinski definition) is 3. The fraction of sp³-hybridized carbons (Fsp3) is 0.500. The van der Waals surface area contributed by atoms with Gasteiger partial charge in [0.05, 0.1) is 12.8 Å². The van der Waals surface area contributed by atoms with Crippen LogP contribution in [0.5, 0.6) is 5.75 Å². The number of nitrogens with one attached hydrogen (secondary N) is 1. The van der Waals surface area contributed by atoms with E-state index in [-0.39, 0.29) is 18.4 Å². The molecule has 1 rings (SSSR count). The first-order chi connectivity index (χ1) is 9.56. The second-order valence-corrected chi connectivity index (χ2v) is 5.77. The topological polar surface area (TPSA) is 84.6 Å². The number of anilines is 2. The number of nitrogen functional groups attached to an aromatic ring is 1. The minimum atomic E-state index is -0.0712. The lowest BCUT2D eigenvalue weighted by atomic mass is 10.2. The van der Waals surface area contributed by atoms with Crippen molar-refractivity contribution in [3.05, 3.63) is 18.2 Å². The number of hydrogen-bond acceptors (Lipinski definition) is 5. The molecular formula is C14H22N2O3S. The van der Waals surface area contributed by atoms with E-state index in [0.29, 0.717) is 23.5 Å². The quantitative estimate of drug-likeness (QED) is 0.505. The van der Waals surface area contributed by atoms with Gasteiger partial charge in [-0.3, -0.25) is 4.79 Å². The average Bonchev–Trinajstić information content (AvgIpc) is 2.43. The van der Waals surface area contributed by atoms with Crippen LogP contribution >= 0.6 is 11.8 Å². The highest BCUT2D eigenvalue weighted by molar-refractivity contribution is 7.99. The van der Waals surface area contributed by atoms with E-state index in [0.717, 1.165) is 11.5 Å². The number of carbonyl (C=O) groups is 1. The van der Waals surface area contributed by atoms with Crippen molar-refractivity contribution in [3.8, 4) is 5.75 Å². The Bertz CT molecular complexity index is 440. The number of aliphatic hydroxyl groups excluding tert-OH is 1. The summed E-state index contributed by atoms with van der Waals surface area (Å²) >= 11 is 1.66. The van der Waals surface area contributed by atoms with Gasteiger partial charge in [-0.25, -0.2) is 0 Å². The van der Waals surface area contributed by atoms with Crippen molar-refractivity contribution in [2.75, 3.05) is 36.3 Å². The number of ether oxygens (including phenoxy) is 1. The molecule has 0 aliphatic heterocycles. The third-order valence-electron chi connectivity index (χ3n) is 2.69. The standard InChI is InChI=1S/C14H22N2O3S/c1-10(8-17)9-20-6-5-14(18)16-12-7-11(15)3-4-13(12)19-2/h3-4,7,10,17H,5-6,8-9,15H2,1-2H3,(H,16,18). The zero-order valence-electron chi connectivity index (χ0n) is 11.9. The summed E-state index contributed by atoms with van der Waals surface area (Å²) in [5.74, 6) is 2.36. The van der Waals surface area contributed by atoms with Crippen molar-refractivity contribution in [2.24, 2.45) is 5.92 Å². The molecule has 5 nitrogen and oxygen atoms in total. The normalized spacial score (nSPS) is 11.9. The van der Waals surface area contributed by atoms with Gasteiger partial charge in [-0.05, 0) is 29.9 Å². The lowest BCUT2D eigenvalue weighted by molar-refractivity contribution is -0.115. The molecule has 0 aromatic heterocycles. The van der Waals surface area contributed by atoms with Gasteiger partial charge in [-0.2, -0.15) is 11.8 Å². The minimum Gasteiger partial charge on any atom is -0.495 e. The van der Waals surface area contributed by atoms with E-state index in [1.807, 2.05) is 6.92 Å². The average molecular weight is 298 g/mol. The number of amides is 1. The van der Waals surface area contributed by atoms with Crippen LogP contribution in [0.2, 0.25) is 0 Å². The number of aliphatic hydroxyl groups is 1. The van der Waals surface area contributed by atoms with Crippen molar-refractivity contribution in [1.82, 2.24) is 0 Å². The zero-order valence-corrected chi connectivity index (χ0v) is 12.7. The van der Waals surface area contributed by atoms with Gasteiger partial charge in [0, 0.05) is 24.5 Å². The van der Waals surface area contributed by atoms with Crippen LogP contribution in [-0.2, 0) is 4.79 Å². The van der Waals surface area contributed by atoms with Gasteiger partial charge in [-0.1, -0.05) is 6.92 Å². The van der Waals surface area contributed by atoms with Gasteiger partial charge in [-0.15, -0.1) is 0 Å². The number of carbonyl (C=O) groups excluding carboxylic acids is 1. The van der Waals surface area contributed by atoms with E-state index in [9.17, 15) is 4.79 Å². The second kappa shape index (κ2) is 8.71. The highest BCUT2D eigenvalue weighted by Gasteiger charge is 2.08. The van der Waals surface area contributed by atoms with Crippen molar-refractivity contribution in [2.45, 2.75) is 13.3 Å². The number of methoxy groups -OCH3 is 1. The Balaban J connectivity index is 2.40. The molecule has 112 valence electrons. The SMILES string of the molecule is COc1ccc(N)cc1NC(=O)CCSCC(C)CO. The van der Waals surface area contributed by atoms with Crippen molar-refractivity contribution >= 4 is 29.0 Å². The molecule has 0 fully saturated rings. The monoisotopic (exact) mass is 298 g/mol. The van der Waals surface area contributed by atoms with E-state index in [2.05, 4.69) is 5.32 Å². The van der Waals surface area contributed by atoms with Crippen molar-refractivity contribution in [1.29, 1.82) is 0 Å².